The van der Waals surface area contributed by atoms with E-state index in [0.717, 1.165) is 0 Å². The molecule has 1 aliphatic rings. The zero-order valence-electron chi connectivity index (χ0n) is 11.1. The Hall–Kier alpha value is -0.530. The van der Waals surface area contributed by atoms with Crippen LogP contribution in [-0.4, -0.2) is 6.54 Å². The van der Waals surface area contributed by atoms with Gasteiger partial charge in [0.25, 0.3) is 0 Å². The number of rotatable bonds is 1. The Balaban J connectivity index is 0.00000144. The van der Waals surface area contributed by atoms with Crippen LogP contribution < -0.4 is 5.32 Å². The highest BCUT2D eigenvalue weighted by atomic mass is 35.5. The van der Waals surface area contributed by atoms with E-state index in [0.29, 0.717) is 6.04 Å². The van der Waals surface area contributed by atoms with Crippen LogP contribution in [0.15, 0.2) is 24.3 Å². The monoisotopic (exact) mass is 253 g/mol. The van der Waals surface area contributed by atoms with Gasteiger partial charge in [-0.1, -0.05) is 51.5 Å². The largest absolute Gasteiger partial charge is 0.310 e. The zero-order chi connectivity index (χ0) is 11.6. The number of hydrogen-bond donors (Lipinski definition) is 1. The minimum absolute atomic E-state index is 0. The lowest BCUT2D eigenvalue weighted by Gasteiger charge is -2.25. The Morgan fingerprint density at radius 3 is 2.18 bits per heavy atom. The molecule has 0 bridgehead atoms. The van der Waals surface area contributed by atoms with Crippen molar-refractivity contribution < 1.29 is 0 Å². The fraction of sp³-hybridized carbons (Fsp3) is 0.600. The molecule has 0 radical (unpaired) electrons. The second-order valence-corrected chi connectivity index (χ2v) is 5.87. The Labute approximate surface area is 111 Å². The van der Waals surface area contributed by atoms with Gasteiger partial charge in [-0.25, -0.2) is 0 Å². The number of benzene rings is 1. The van der Waals surface area contributed by atoms with Crippen LogP contribution in [0.5, 0.6) is 0 Å². The molecule has 2 rings (SSSR count). The third-order valence-electron chi connectivity index (χ3n) is 3.49. The molecule has 17 heavy (non-hydrogen) atoms. The summed E-state index contributed by atoms with van der Waals surface area (Å²) < 4.78 is 0. The number of piperidine rings is 1. The molecule has 1 N–H and O–H groups in total. The van der Waals surface area contributed by atoms with E-state index in [4.69, 9.17) is 0 Å². The first-order valence-electron chi connectivity index (χ1n) is 6.41. The van der Waals surface area contributed by atoms with Gasteiger partial charge in [-0.3, -0.25) is 0 Å². The zero-order valence-corrected chi connectivity index (χ0v) is 11.9. The second kappa shape index (κ2) is 5.88. The van der Waals surface area contributed by atoms with Crippen molar-refractivity contribution in [1.82, 2.24) is 5.32 Å². The fourth-order valence-electron chi connectivity index (χ4n) is 2.35. The molecule has 1 heterocycles. The summed E-state index contributed by atoms with van der Waals surface area (Å²) in [4.78, 5) is 0. The average Bonchev–Trinajstić information content (AvgIpc) is 2.29. The van der Waals surface area contributed by atoms with Crippen molar-refractivity contribution in [3.05, 3.63) is 35.4 Å². The number of halogens is 1. The SMILES string of the molecule is CC(C)(C)c1ccc([C@@H]2CCCCN2)cc1.Cl. The van der Waals surface area contributed by atoms with E-state index < -0.39 is 0 Å². The molecule has 0 aliphatic carbocycles. The molecular weight excluding hydrogens is 230 g/mol. The van der Waals surface area contributed by atoms with Crippen LogP contribution in [0.2, 0.25) is 0 Å². The first kappa shape index (κ1) is 14.5. The maximum Gasteiger partial charge on any atom is 0.0320 e. The lowest BCUT2D eigenvalue weighted by atomic mass is 9.85. The van der Waals surface area contributed by atoms with Gasteiger partial charge in [0.15, 0.2) is 0 Å². The van der Waals surface area contributed by atoms with E-state index in [1.54, 1.807) is 0 Å². The number of hydrogen-bond acceptors (Lipinski definition) is 1. The van der Waals surface area contributed by atoms with Crippen LogP contribution in [-0.2, 0) is 5.41 Å². The van der Waals surface area contributed by atoms with Crippen molar-refractivity contribution >= 4 is 12.4 Å². The molecule has 1 fully saturated rings. The molecule has 1 aromatic carbocycles. The van der Waals surface area contributed by atoms with Crippen molar-refractivity contribution in [3.63, 3.8) is 0 Å². The van der Waals surface area contributed by atoms with Crippen molar-refractivity contribution in [3.8, 4) is 0 Å². The summed E-state index contributed by atoms with van der Waals surface area (Å²) in [5, 5.41) is 3.59. The summed E-state index contributed by atoms with van der Waals surface area (Å²) in [6.07, 6.45) is 3.98. The van der Waals surface area contributed by atoms with Gasteiger partial charge in [0.2, 0.25) is 0 Å². The first-order valence-corrected chi connectivity index (χ1v) is 6.41. The van der Waals surface area contributed by atoms with E-state index in [9.17, 15) is 0 Å². The standard InChI is InChI=1S/C15H23N.ClH/c1-15(2,3)13-9-7-12(8-10-13)14-6-4-5-11-16-14;/h7-10,14,16H,4-6,11H2,1-3H3;1H/t14-;/m0./s1. The van der Waals surface area contributed by atoms with Crippen LogP contribution in [0.25, 0.3) is 0 Å². The highest BCUT2D eigenvalue weighted by Gasteiger charge is 2.16. The van der Waals surface area contributed by atoms with Gasteiger partial charge in [0, 0.05) is 6.04 Å². The van der Waals surface area contributed by atoms with Gasteiger partial charge in [0.1, 0.15) is 0 Å². The molecule has 1 nitrogen and oxygen atoms in total. The molecule has 1 aromatic rings. The lowest BCUT2D eigenvalue weighted by molar-refractivity contribution is 0.412. The molecule has 2 heteroatoms. The maximum atomic E-state index is 3.59. The maximum absolute atomic E-state index is 3.59. The van der Waals surface area contributed by atoms with Gasteiger partial charge >= 0.3 is 0 Å². The van der Waals surface area contributed by atoms with Crippen LogP contribution in [0.4, 0.5) is 0 Å². The highest BCUT2D eigenvalue weighted by Crippen LogP contribution is 2.26. The Bertz CT molecular complexity index is 331. The topological polar surface area (TPSA) is 12.0 Å². The summed E-state index contributed by atoms with van der Waals surface area (Å²) in [5.41, 5.74) is 3.14. The van der Waals surface area contributed by atoms with Crippen molar-refractivity contribution in [2.75, 3.05) is 6.54 Å². The quantitative estimate of drug-likeness (QED) is 0.790. The van der Waals surface area contributed by atoms with Gasteiger partial charge in [-0.2, -0.15) is 0 Å². The molecular formula is C15H24ClN. The summed E-state index contributed by atoms with van der Waals surface area (Å²) in [6.45, 7) is 7.97. The predicted molar refractivity (Wildman–Crippen MR) is 77.0 cm³/mol. The Kier molecular flexibility index (Phi) is 5.03. The van der Waals surface area contributed by atoms with E-state index in [2.05, 4.69) is 50.4 Å². The normalized spacial score (nSPS) is 20.8. The molecule has 1 atom stereocenters. The Morgan fingerprint density at radius 2 is 1.71 bits per heavy atom. The third-order valence-corrected chi connectivity index (χ3v) is 3.49. The molecule has 0 aromatic heterocycles. The molecule has 0 unspecified atom stereocenters. The number of nitrogens with one attached hydrogen (secondary N) is 1. The second-order valence-electron chi connectivity index (χ2n) is 5.87. The third kappa shape index (κ3) is 3.72. The molecule has 0 spiro atoms. The summed E-state index contributed by atoms with van der Waals surface area (Å²) in [6, 6.07) is 9.74. The van der Waals surface area contributed by atoms with Crippen LogP contribution in [0, 0.1) is 0 Å². The van der Waals surface area contributed by atoms with E-state index in [1.807, 2.05) is 0 Å². The van der Waals surface area contributed by atoms with E-state index in [1.165, 1.54) is 36.9 Å². The van der Waals surface area contributed by atoms with Crippen molar-refractivity contribution in [2.45, 2.75) is 51.5 Å². The van der Waals surface area contributed by atoms with E-state index >= 15 is 0 Å². The van der Waals surface area contributed by atoms with Crippen molar-refractivity contribution in [2.24, 2.45) is 0 Å². The van der Waals surface area contributed by atoms with Crippen LogP contribution in [0.3, 0.4) is 0 Å². The summed E-state index contributed by atoms with van der Waals surface area (Å²) in [5.74, 6) is 0. The van der Waals surface area contributed by atoms with E-state index in [-0.39, 0.29) is 17.8 Å². The smallest absolute Gasteiger partial charge is 0.0320 e. The van der Waals surface area contributed by atoms with Gasteiger partial charge in [-0.15, -0.1) is 12.4 Å². The lowest BCUT2D eigenvalue weighted by Crippen LogP contribution is -2.26. The predicted octanol–water partition coefficient (Wildman–Crippen LogP) is 4.22. The molecule has 96 valence electrons. The minimum Gasteiger partial charge on any atom is -0.310 e. The molecule has 1 aliphatic heterocycles. The van der Waals surface area contributed by atoms with Gasteiger partial charge in [-0.05, 0) is 35.9 Å². The summed E-state index contributed by atoms with van der Waals surface area (Å²) in [7, 11) is 0. The van der Waals surface area contributed by atoms with Crippen LogP contribution in [0.1, 0.15) is 57.2 Å². The Morgan fingerprint density at radius 1 is 1.06 bits per heavy atom. The van der Waals surface area contributed by atoms with Gasteiger partial charge in [0.05, 0.1) is 0 Å². The average molecular weight is 254 g/mol. The van der Waals surface area contributed by atoms with Crippen LogP contribution >= 0.6 is 12.4 Å². The molecule has 1 saturated heterocycles. The summed E-state index contributed by atoms with van der Waals surface area (Å²) >= 11 is 0. The fourth-order valence-corrected chi connectivity index (χ4v) is 2.35. The first-order chi connectivity index (χ1) is 7.57. The highest BCUT2D eigenvalue weighted by molar-refractivity contribution is 5.85. The van der Waals surface area contributed by atoms with Crippen molar-refractivity contribution in [1.29, 1.82) is 0 Å². The minimum atomic E-state index is 0. The van der Waals surface area contributed by atoms with Gasteiger partial charge < -0.3 is 5.32 Å². The molecule has 0 saturated carbocycles. The molecule has 0 amide bonds.